The van der Waals surface area contributed by atoms with Crippen molar-refractivity contribution in [3.8, 4) is 0 Å². The first kappa shape index (κ1) is 11.9. The Morgan fingerprint density at radius 1 is 0.882 bits per heavy atom. The molecule has 3 saturated heterocycles. The maximum absolute atomic E-state index is 5.85. The van der Waals surface area contributed by atoms with Crippen molar-refractivity contribution in [3.63, 3.8) is 0 Å². The Labute approximate surface area is 105 Å². The zero-order valence-corrected chi connectivity index (χ0v) is 11.0. The van der Waals surface area contributed by atoms with Gasteiger partial charge < -0.3 is 10.6 Å². The fraction of sp³-hybridized carbons (Fsp3) is 1.00. The molecule has 0 radical (unpaired) electrons. The number of rotatable bonds is 2. The van der Waals surface area contributed by atoms with Crippen molar-refractivity contribution in [2.75, 3.05) is 32.7 Å². The summed E-state index contributed by atoms with van der Waals surface area (Å²) < 4.78 is 0. The normalized spacial score (nSPS) is 40.4. The zero-order valence-electron chi connectivity index (χ0n) is 11.0. The van der Waals surface area contributed by atoms with Gasteiger partial charge in [-0.1, -0.05) is 0 Å². The molecule has 0 aromatic carbocycles. The van der Waals surface area contributed by atoms with Crippen LogP contribution < -0.4 is 5.73 Å². The van der Waals surface area contributed by atoms with Crippen molar-refractivity contribution in [1.29, 1.82) is 0 Å². The van der Waals surface area contributed by atoms with E-state index in [2.05, 4.69) is 9.80 Å². The zero-order chi connectivity index (χ0) is 11.7. The topological polar surface area (TPSA) is 32.5 Å². The molecule has 3 unspecified atom stereocenters. The van der Waals surface area contributed by atoms with Gasteiger partial charge in [0.25, 0.3) is 0 Å². The Bertz CT molecular complexity index is 256. The molecule has 2 N–H and O–H groups in total. The molecule has 0 aromatic rings. The van der Waals surface area contributed by atoms with Crippen molar-refractivity contribution in [1.82, 2.24) is 9.80 Å². The molecule has 3 atom stereocenters. The van der Waals surface area contributed by atoms with E-state index in [0.717, 1.165) is 24.5 Å². The van der Waals surface area contributed by atoms with Crippen molar-refractivity contribution in [2.24, 2.45) is 11.7 Å². The highest BCUT2D eigenvalue weighted by molar-refractivity contribution is 4.91. The molecule has 3 heterocycles. The Hall–Kier alpha value is -0.120. The Morgan fingerprint density at radius 2 is 1.65 bits per heavy atom. The number of likely N-dealkylation sites (tertiary alicyclic amines) is 1. The summed E-state index contributed by atoms with van der Waals surface area (Å²) >= 11 is 0. The molecule has 0 amide bonds. The largest absolute Gasteiger partial charge is 0.330 e. The molecule has 17 heavy (non-hydrogen) atoms. The van der Waals surface area contributed by atoms with Crippen LogP contribution in [-0.2, 0) is 0 Å². The van der Waals surface area contributed by atoms with Gasteiger partial charge in [-0.3, -0.25) is 4.90 Å². The second kappa shape index (κ2) is 5.25. The Morgan fingerprint density at radius 3 is 2.53 bits per heavy atom. The summed E-state index contributed by atoms with van der Waals surface area (Å²) in [6.45, 7) is 6.20. The number of fused-ring (bicyclic) bond motifs is 1. The molecule has 3 fully saturated rings. The van der Waals surface area contributed by atoms with E-state index in [1.54, 1.807) is 0 Å². The van der Waals surface area contributed by atoms with Crippen LogP contribution in [0.2, 0.25) is 0 Å². The fourth-order valence-electron chi connectivity index (χ4n) is 4.16. The van der Waals surface area contributed by atoms with Crippen LogP contribution in [0, 0.1) is 5.92 Å². The van der Waals surface area contributed by atoms with Gasteiger partial charge in [0, 0.05) is 18.6 Å². The first-order chi connectivity index (χ1) is 8.36. The predicted octanol–water partition coefficient (Wildman–Crippen LogP) is 1.28. The molecule has 0 aromatic heterocycles. The summed E-state index contributed by atoms with van der Waals surface area (Å²) in [6, 6.07) is 1.77. The first-order valence-electron chi connectivity index (χ1n) is 7.55. The second-order valence-corrected chi connectivity index (χ2v) is 6.25. The molecule has 0 aliphatic carbocycles. The van der Waals surface area contributed by atoms with Gasteiger partial charge in [-0.15, -0.1) is 0 Å². The number of nitrogens with zero attached hydrogens (tertiary/aromatic N) is 2. The van der Waals surface area contributed by atoms with Crippen molar-refractivity contribution in [3.05, 3.63) is 0 Å². The highest BCUT2D eigenvalue weighted by Crippen LogP contribution is 2.31. The SMILES string of the molecule is NCC1CCCN(C2CCN3CCCC3C2)C1. The van der Waals surface area contributed by atoms with Crippen molar-refractivity contribution >= 4 is 0 Å². The van der Waals surface area contributed by atoms with Gasteiger partial charge >= 0.3 is 0 Å². The van der Waals surface area contributed by atoms with Crippen LogP contribution in [0.25, 0.3) is 0 Å². The minimum Gasteiger partial charge on any atom is -0.330 e. The minimum atomic E-state index is 0.769. The predicted molar refractivity (Wildman–Crippen MR) is 71.0 cm³/mol. The van der Waals surface area contributed by atoms with Crippen LogP contribution in [0.5, 0.6) is 0 Å². The number of hydrogen-bond acceptors (Lipinski definition) is 3. The summed E-state index contributed by atoms with van der Waals surface area (Å²) in [4.78, 5) is 5.48. The van der Waals surface area contributed by atoms with Gasteiger partial charge in [0.15, 0.2) is 0 Å². The number of hydrogen-bond donors (Lipinski definition) is 1. The molecular weight excluding hydrogens is 210 g/mol. The van der Waals surface area contributed by atoms with Gasteiger partial charge in [0.2, 0.25) is 0 Å². The maximum Gasteiger partial charge on any atom is 0.0122 e. The Kier molecular flexibility index (Phi) is 3.69. The smallest absolute Gasteiger partial charge is 0.0122 e. The maximum atomic E-state index is 5.85. The summed E-state index contributed by atoms with van der Waals surface area (Å²) in [7, 11) is 0. The summed E-state index contributed by atoms with van der Waals surface area (Å²) in [5.41, 5.74) is 5.85. The molecule has 98 valence electrons. The third-order valence-corrected chi connectivity index (χ3v) is 5.19. The van der Waals surface area contributed by atoms with Gasteiger partial charge in [0.1, 0.15) is 0 Å². The van der Waals surface area contributed by atoms with Crippen LogP contribution in [0.1, 0.15) is 38.5 Å². The van der Waals surface area contributed by atoms with Crippen LogP contribution in [0.3, 0.4) is 0 Å². The van der Waals surface area contributed by atoms with E-state index in [1.807, 2.05) is 0 Å². The molecule has 0 saturated carbocycles. The minimum absolute atomic E-state index is 0.769. The Balaban J connectivity index is 1.57. The van der Waals surface area contributed by atoms with E-state index in [1.165, 1.54) is 64.7 Å². The van der Waals surface area contributed by atoms with Gasteiger partial charge in [-0.2, -0.15) is 0 Å². The van der Waals surface area contributed by atoms with Crippen LogP contribution >= 0.6 is 0 Å². The standard InChI is InChI=1S/C14H27N3/c15-10-12-3-1-7-17(11-12)14-5-8-16-6-2-4-13(16)9-14/h12-14H,1-11,15H2. The van der Waals surface area contributed by atoms with Crippen LogP contribution in [-0.4, -0.2) is 54.6 Å². The van der Waals surface area contributed by atoms with Crippen LogP contribution in [0.4, 0.5) is 0 Å². The van der Waals surface area contributed by atoms with E-state index >= 15 is 0 Å². The molecule has 0 spiro atoms. The summed E-state index contributed by atoms with van der Waals surface area (Å²) in [6.07, 6.45) is 8.43. The molecule has 3 heteroatoms. The average molecular weight is 237 g/mol. The van der Waals surface area contributed by atoms with Gasteiger partial charge in [0.05, 0.1) is 0 Å². The molecule has 3 rings (SSSR count). The highest BCUT2D eigenvalue weighted by atomic mass is 15.2. The van der Waals surface area contributed by atoms with Crippen LogP contribution in [0.15, 0.2) is 0 Å². The quantitative estimate of drug-likeness (QED) is 0.785. The summed E-state index contributed by atoms with van der Waals surface area (Å²) in [5.74, 6) is 0.769. The molecular formula is C14H27N3. The lowest BCUT2D eigenvalue weighted by Gasteiger charge is -2.43. The van der Waals surface area contributed by atoms with Crippen molar-refractivity contribution in [2.45, 2.75) is 50.6 Å². The monoisotopic (exact) mass is 237 g/mol. The second-order valence-electron chi connectivity index (χ2n) is 6.25. The third kappa shape index (κ3) is 2.51. The molecule has 0 bridgehead atoms. The average Bonchev–Trinajstić information content (AvgIpc) is 2.86. The lowest BCUT2D eigenvalue weighted by Crippen LogP contribution is -2.51. The fourth-order valence-corrected chi connectivity index (χ4v) is 4.16. The molecule has 3 aliphatic heterocycles. The van der Waals surface area contributed by atoms with Gasteiger partial charge in [-0.25, -0.2) is 0 Å². The number of nitrogens with two attached hydrogens (primary N) is 1. The summed E-state index contributed by atoms with van der Waals surface area (Å²) in [5, 5.41) is 0. The van der Waals surface area contributed by atoms with Gasteiger partial charge in [-0.05, 0) is 70.6 Å². The lowest BCUT2D eigenvalue weighted by molar-refractivity contribution is 0.0584. The van der Waals surface area contributed by atoms with E-state index < -0.39 is 0 Å². The van der Waals surface area contributed by atoms with E-state index in [-0.39, 0.29) is 0 Å². The van der Waals surface area contributed by atoms with E-state index in [0.29, 0.717) is 0 Å². The third-order valence-electron chi connectivity index (χ3n) is 5.19. The van der Waals surface area contributed by atoms with E-state index in [9.17, 15) is 0 Å². The highest BCUT2D eigenvalue weighted by Gasteiger charge is 2.35. The molecule has 3 nitrogen and oxygen atoms in total. The molecule has 3 aliphatic rings. The van der Waals surface area contributed by atoms with E-state index in [4.69, 9.17) is 5.73 Å². The van der Waals surface area contributed by atoms with Crippen molar-refractivity contribution < 1.29 is 0 Å². The lowest BCUT2D eigenvalue weighted by atomic mass is 9.91. The first-order valence-corrected chi connectivity index (χ1v) is 7.55. The number of piperidine rings is 2.